The third-order valence-electron chi connectivity index (χ3n) is 3.98. The fourth-order valence-corrected chi connectivity index (χ4v) is 3.57. The smallest absolute Gasteiger partial charge is 0.211 e. The van der Waals surface area contributed by atoms with E-state index in [4.69, 9.17) is 0 Å². The summed E-state index contributed by atoms with van der Waals surface area (Å²) in [7, 11) is -1.40. The van der Waals surface area contributed by atoms with Crippen molar-refractivity contribution >= 4 is 10.0 Å². The molecular weight excluding hydrogens is 246 g/mol. The first-order valence-electron chi connectivity index (χ1n) is 6.39. The molecule has 0 saturated heterocycles. The highest BCUT2D eigenvalue weighted by molar-refractivity contribution is 7.88. The summed E-state index contributed by atoms with van der Waals surface area (Å²) in [6, 6.07) is 8.59. The van der Waals surface area contributed by atoms with Crippen LogP contribution in [0.2, 0.25) is 0 Å². The van der Waals surface area contributed by atoms with Crippen molar-refractivity contribution in [2.45, 2.75) is 38.1 Å². The van der Waals surface area contributed by atoms with Gasteiger partial charge in [-0.3, -0.25) is 0 Å². The van der Waals surface area contributed by atoms with Crippen molar-refractivity contribution in [3.05, 3.63) is 35.4 Å². The zero-order valence-electron chi connectivity index (χ0n) is 11.3. The van der Waals surface area contributed by atoms with E-state index >= 15 is 0 Å². The van der Waals surface area contributed by atoms with Crippen LogP contribution >= 0.6 is 0 Å². The van der Waals surface area contributed by atoms with Gasteiger partial charge in [-0.05, 0) is 25.3 Å². The topological polar surface area (TPSA) is 37.4 Å². The predicted molar refractivity (Wildman–Crippen MR) is 74.2 cm³/mol. The molecule has 0 bridgehead atoms. The lowest BCUT2D eigenvalue weighted by atomic mass is 9.93. The molecule has 1 fully saturated rings. The first-order chi connectivity index (χ1) is 8.39. The molecular formula is C14H21NO2S. The quantitative estimate of drug-likeness (QED) is 0.844. The van der Waals surface area contributed by atoms with Crippen LogP contribution in [-0.2, 0) is 10.0 Å². The Labute approximate surface area is 110 Å². The summed E-state index contributed by atoms with van der Waals surface area (Å²) in [4.78, 5) is 0. The van der Waals surface area contributed by atoms with E-state index in [1.165, 1.54) is 17.4 Å². The maximum absolute atomic E-state index is 11.7. The molecule has 2 rings (SSSR count). The Morgan fingerprint density at radius 2 is 1.78 bits per heavy atom. The van der Waals surface area contributed by atoms with Gasteiger partial charge >= 0.3 is 0 Å². The van der Waals surface area contributed by atoms with Crippen molar-refractivity contribution in [3.63, 3.8) is 0 Å². The number of sulfonamides is 1. The van der Waals surface area contributed by atoms with Crippen LogP contribution < -0.4 is 0 Å². The summed E-state index contributed by atoms with van der Waals surface area (Å²) in [5.74, 6) is 0.338. The number of hydrogen-bond acceptors (Lipinski definition) is 2. The van der Waals surface area contributed by atoms with Crippen molar-refractivity contribution in [3.8, 4) is 0 Å². The van der Waals surface area contributed by atoms with E-state index in [2.05, 4.69) is 31.2 Å². The van der Waals surface area contributed by atoms with Gasteiger partial charge in [-0.15, -0.1) is 0 Å². The number of aryl methyl sites for hydroxylation is 1. The zero-order chi connectivity index (χ0) is 13.3. The lowest BCUT2D eigenvalue weighted by Crippen LogP contribution is -2.37. The van der Waals surface area contributed by atoms with Crippen molar-refractivity contribution < 1.29 is 8.42 Å². The predicted octanol–water partition coefficient (Wildman–Crippen LogP) is 2.52. The molecule has 1 saturated carbocycles. The van der Waals surface area contributed by atoms with Gasteiger partial charge in [-0.25, -0.2) is 12.7 Å². The Hall–Kier alpha value is -0.870. The summed E-state index contributed by atoms with van der Waals surface area (Å²) in [5.41, 5.74) is 2.50. The highest BCUT2D eigenvalue weighted by atomic mass is 32.2. The molecule has 0 radical (unpaired) electrons. The van der Waals surface area contributed by atoms with Crippen molar-refractivity contribution in [1.82, 2.24) is 4.31 Å². The van der Waals surface area contributed by atoms with Gasteiger partial charge in [-0.1, -0.05) is 36.2 Å². The van der Waals surface area contributed by atoms with Gasteiger partial charge < -0.3 is 0 Å². The second kappa shape index (κ2) is 5.02. The van der Waals surface area contributed by atoms with Crippen LogP contribution in [0, 0.1) is 6.92 Å². The van der Waals surface area contributed by atoms with E-state index in [0.29, 0.717) is 5.92 Å². The molecule has 1 aliphatic rings. The van der Waals surface area contributed by atoms with Crippen molar-refractivity contribution in [2.75, 3.05) is 13.3 Å². The average molecular weight is 267 g/mol. The molecule has 1 aromatic carbocycles. The molecule has 0 amide bonds. The number of hydrogen-bond donors (Lipinski definition) is 0. The lowest BCUT2D eigenvalue weighted by Gasteiger charge is -2.28. The van der Waals surface area contributed by atoms with Gasteiger partial charge in [-0.2, -0.15) is 0 Å². The minimum absolute atomic E-state index is 0.114. The molecule has 0 heterocycles. The maximum Gasteiger partial charge on any atom is 0.211 e. The first kappa shape index (κ1) is 13.6. The van der Waals surface area contributed by atoms with E-state index < -0.39 is 10.0 Å². The van der Waals surface area contributed by atoms with Crippen LogP contribution in [0.25, 0.3) is 0 Å². The lowest BCUT2D eigenvalue weighted by molar-refractivity contribution is 0.349. The molecule has 0 N–H and O–H groups in total. The van der Waals surface area contributed by atoms with Crippen molar-refractivity contribution in [1.29, 1.82) is 0 Å². The van der Waals surface area contributed by atoms with Crippen LogP contribution in [0.4, 0.5) is 0 Å². The first-order valence-corrected chi connectivity index (χ1v) is 8.24. The van der Waals surface area contributed by atoms with E-state index in [1.807, 2.05) is 0 Å². The Kier molecular flexibility index (Phi) is 3.78. The van der Waals surface area contributed by atoms with Crippen LogP contribution in [0.5, 0.6) is 0 Å². The molecule has 2 atom stereocenters. The van der Waals surface area contributed by atoms with Gasteiger partial charge in [0.1, 0.15) is 0 Å². The molecule has 0 spiro atoms. The number of rotatable bonds is 3. The molecule has 18 heavy (non-hydrogen) atoms. The standard InChI is InChI=1S/C14H21NO2S/c1-11-7-9-12(10-8-11)13-5-4-6-14(13)15(2)18(3,16)17/h7-10,13-14H,4-6H2,1-3H3. The zero-order valence-corrected chi connectivity index (χ0v) is 12.1. The van der Waals surface area contributed by atoms with Gasteiger partial charge in [0.2, 0.25) is 10.0 Å². The normalized spacial score (nSPS) is 24.7. The molecule has 4 heteroatoms. The third kappa shape index (κ3) is 2.75. The molecule has 1 aliphatic carbocycles. The molecule has 100 valence electrons. The highest BCUT2D eigenvalue weighted by Gasteiger charge is 2.34. The summed E-state index contributed by atoms with van der Waals surface area (Å²) < 4.78 is 24.9. The summed E-state index contributed by atoms with van der Waals surface area (Å²) >= 11 is 0. The van der Waals surface area contributed by atoms with E-state index in [0.717, 1.165) is 19.3 Å². The maximum atomic E-state index is 11.7. The minimum Gasteiger partial charge on any atom is -0.213 e. The second-order valence-electron chi connectivity index (χ2n) is 5.29. The Morgan fingerprint density at radius 1 is 1.17 bits per heavy atom. The number of benzene rings is 1. The number of likely N-dealkylation sites (N-methyl/N-ethyl adjacent to an activating group) is 1. The molecule has 3 nitrogen and oxygen atoms in total. The van der Waals surface area contributed by atoms with Crippen molar-refractivity contribution in [2.24, 2.45) is 0 Å². The van der Waals surface area contributed by atoms with Crippen LogP contribution in [-0.4, -0.2) is 32.1 Å². The Morgan fingerprint density at radius 3 is 2.33 bits per heavy atom. The van der Waals surface area contributed by atoms with E-state index in [9.17, 15) is 8.42 Å². The molecule has 0 aromatic heterocycles. The van der Waals surface area contributed by atoms with Crippen LogP contribution in [0.3, 0.4) is 0 Å². The SMILES string of the molecule is Cc1ccc(C2CCCC2N(C)S(C)(=O)=O)cc1. The average Bonchev–Trinajstić information content (AvgIpc) is 2.76. The number of nitrogens with zero attached hydrogens (tertiary/aromatic N) is 1. The third-order valence-corrected chi connectivity index (χ3v) is 5.29. The fourth-order valence-electron chi connectivity index (χ4n) is 2.82. The summed E-state index contributed by atoms with van der Waals surface area (Å²) in [6.45, 7) is 2.07. The Balaban J connectivity index is 2.25. The fraction of sp³-hybridized carbons (Fsp3) is 0.571. The van der Waals surface area contributed by atoms with E-state index in [-0.39, 0.29) is 6.04 Å². The van der Waals surface area contributed by atoms with Gasteiger partial charge in [0.05, 0.1) is 6.26 Å². The van der Waals surface area contributed by atoms with Gasteiger partial charge in [0.15, 0.2) is 0 Å². The highest BCUT2D eigenvalue weighted by Crippen LogP contribution is 2.38. The minimum atomic E-state index is -3.10. The van der Waals surface area contributed by atoms with E-state index in [1.54, 1.807) is 11.4 Å². The molecule has 0 aliphatic heterocycles. The second-order valence-corrected chi connectivity index (χ2v) is 7.34. The summed E-state index contributed by atoms with van der Waals surface area (Å²) in [5, 5.41) is 0. The van der Waals surface area contributed by atoms with Crippen LogP contribution in [0.1, 0.15) is 36.3 Å². The van der Waals surface area contributed by atoms with Gasteiger partial charge in [0, 0.05) is 19.0 Å². The summed E-state index contributed by atoms with van der Waals surface area (Å²) in [6.07, 6.45) is 4.43. The largest absolute Gasteiger partial charge is 0.213 e. The van der Waals surface area contributed by atoms with Gasteiger partial charge in [0.25, 0.3) is 0 Å². The monoisotopic (exact) mass is 267 g/mol. The Bertz CT molecular complexity index is 507. The van der Waals surface area contributed by atoms with Crippen LogP contribution in [0.15, 0.2) is 24.3 Å². The molecule has 1 aromatic rings. The molecule has 2 unspecified atom stereocenters.